The lowest BCUT2D eigenvalue weighted by molar-refractivity contribution is -0.139. The summed E-state index contributed by atoms with van der Waals surface area (Å²) in [6, 6.07) is -7.75. The topological polar surface area (TPSA) is 581 Å². The molecule has 0 radical (unpaired) electrons. The molecule has 33 heteroatoms. The van der Waals surface area contributed by atoms with Crippen LogP contribution in [0.25, 0.3) is 0 Å². The number of aromatic hydroxyl groups is 1. The molecule has 26 N–H and O–H groups in total. The van der Waals surface area contributed by atoms with Gasteiger partial charge in [-0.15, -0.1) is 0 Å². The zero-order valence-corrected chi connectivity index (χ0v) is 46.4. The van der Waals surface area contributed by atoms with Gasteiger partial charge in [0.25, 0.3) is 0 Å². The van der Waals surface area contributed by atoms with Gasteiger partial charge >= 0.3 is 11.9 Å². The molecule has 458 valence electrons. The molecule has 1 aromatic rings. The van der Waals surface area contributed by atoms with E-state index in [1.807, 2.05) is 0 Å². The van der Waals surface area contributed by atoms with Crippen LogP contribution in [0.1, 0.15) is 97.5 Å². The molecule has 0 saturated carbocycles. The molecular weight excluding hydrogens is 1080 g/mol. The largest absolute Gasteiger partial charge is 0.508 e. The highest BCUT2D eigenvalue weighted by Gasteiger charge is 2.35. The number of nitrogens with two attached hydrogens (primary N) is 7. The van der Waals surface area contributed by atoms with Gasteiger partial charge in [0.15, 0.2) is 11.9 Å². The minimum absolute atomic E-state index is 0.0261. The summed E-state index contributed by atoms with van der Waals surface area (Å²) in [5, 5.41) is 50.1. The summed E-state index contributed by atoms with van der Waals surface area (Å²) < 4.78 is 0. The van der Waals surface area contributed by atoms with E-state index in [1.165, 1.54) is 38.1 Å². The maximum absolute atomic E-state index is 14.1. The molecule has 0 aliphatic heterocycles. The number of unbranched alkanes of at least 4 members (excludes halogenated alkanes) is 1. The smallest absolute Gasteiger partial charge is 0.322 e. The van der Waals surface area contributed by atoms with Crippen molar-refractivity contribution in [3.8, 4) is 5.75 Å². The third-order valence-corrected chi connectivity index (χ3v) is 12.0. The third-order valence-electron chi connectivity index (χ3n) is 12.0. The Balaban J connectivity index is 3.44. The summed E-state index contributed by atoms with van der Waals surface area (Å²) in [5.41, 5.74) is 38.9. The van der Waals surface area contributed by atoms with E-state index in [0.717, 1.165) is 0 Å². The normalized spacial score (nSPS) is 14.1. The van der Waals surface area contributed by atoms with E-state index in [4.69, 9.17) is 45.2 Å². The summed E-state index contributed by atoms with van der Waals surface area (Å²) in [5.74, 6) is -13.6. The number of phenols is 1. The number of carbonyl (C=O) groups excluding carboxylic acids is 10. The molecule has 0 unspecified atom stereocenters. The van der Waals surface area contributed by atoms with Crippen LogP contribution in [0.15, 0.2) is 34.3 Å². The third kappa shape index (κ3) is 28.8. The summed E-state index contributed by atoms with van der Waals surface area (Å²) in [4.78, 5) is 165. The molecule has 10 amide bonds. The fourth-order valence-electron chi connectivity index (χ4n) is 7.45. The Morgan fingerprint density at radius 3 is 1.44 bits per heavy atom. The van der Waals surface area contributed by atoms with Crippen LogP contribution in [0.4, 0.5) is 0 Å². The number of carboxylic acids is 2. The van der Waals surface area contributed by atoms with Crippen molar-refractivity contribution >= 4 is 82.9 Å². The minimum atomic E-state index is -1.78. The zero-order valence-electron chi connectivity index (χ0n) is 46.4. The van der Waals surface area contributed by atoms with Gasteiger partial charge in [0, 0.05) is 25.9 Å². The summed E-state index contributed by atoms with van der Waals surface area (Å²) in [6.45, 7) is 5.22. The van der Waals surface area contributed by atoms with Crippen LogP contribution in [-0.2, 0) is 64.0 Å². The van der Waals surface area contributed by atoms with Crippen molar-refractivity contribution in [2.45, 2.75) is 153 Å². The number of rotatable bonds is 39. The average molecular weight is 1160 g/mol. The summed E-state index contributed by atoms with van der Waals surface area (Å²) in [6.07, 6.45) is -1.06. The zero-order chi connectivity index (χ0) is 62.2. The van der Waals surface area contributed by atoms with Crippen LogP contribution < -0.4 is 88.0 Å². The Kier molecular flexibility index (Phi) is 32.2. The molecule has 0 spiro atoms. The molecule has 0 aliphatic carbocycles. The maximum Gasteiger partial charge on any atom is 0.322 e. The first-order valence-electron chi connectivity index (χ1n) is 26.2. The molecule has 0 aliphatic rings. The highest BCUT2D eigenvalue weighted by atomic mass is 16.4. The predicted molar refractivity (Wildman–Crippen MR) is 295 cm³/mol. The average Bonchev–Trinajstić information content (AvgIpc) is 3.45. The minimum Gasteiger partial charge on any atom is -0.508 e. The SMILES string of the molecule is CC(C)[C@H](NC(=O)[C@H](CCCN=C(N)N)NC(=O)[C@H](CCC(=O)O)NC(=O)[C@H](C)NC(=O)[C@H](Cc1ccc(O)cc1)NC(=O)[C@H](CC(N)=O)NC(=O)[C@H](C)NC(=O)[C@H](CCCCN)NC(=O)[C@@H](N)CCCN=C(N)N)C(=O)NCC(=O)O. The van der Waals surface area contributed by atoms with Gasteiger partial charge in [-0.25, -0.2) is 0 Å². The highest BCUT2D eigenvalue weighted by molar-refractivity contribution is 5.99. The number of amides is 10. The number of aliphatic carboxylic acids is 2. The molecule has 1 aromatic carbocycles. The van der Waals surface area contributed by atoms with Gasteiger partial charge < -0.3 is 103 Å². The Morgan fingerprint density at radius 2 is 0.939 bits per heavy atom. The molecule has 0 bridgehead atoms. The fourth-order valence-corrected chi connectivity index (χ4v) is 7.45. The van der Waals surface area contributed by atoms with Crippen molar-refractivity contribution in [1.82, 2.24) is 47.9 Å². The monoisotopic (exact) mass is 1160 g/mol. The first kappa shape index (κ1) is 71.1. The standard InChI is InChI=1S/C49H82N18O15/c1-24(2)38(47(82)59-23-37(72)73)67-44(79)31(11-8-20-58-49(55)56)64-43(78)32(16-17-36(70)71)62-39(74)25(3)61-45(80)33(21-27-12-14-28(68)15-13-27)66-46(81)34(22-35(52)69)65-40(75)26(4)60-42(77)30(10-5-6-18-50)63-41(76)29(51)9-7-19-57-48(53)54/h12-15,24-26,29-34,38,68H,5-11,16-23,50-51H2,1-4H3,(H2,52,69)(H,59,82)(H,60,77)(H,61,80)(H,62,74)(H,63,76)(H,64,78)(H,65,75)(H,66,81)(H,67,79)(H,70,71)(H,72,73)(H4,53,54,57)(H4,55,56,58)/t25-,26-,29-,30-,31-,32-,33-,34-,38-/m0/s1. The first-order valence-corrected chi connectivity index (χ1v) is 26.2. The lowest BCUT2D eigenvalue weighted by Gasteiger charge is -2.27. The van der Waals surface area contributed by atoms with Crippen LogP contribution in [0.3, 0.4) is 0 Å². The van der Waals surface area contributed by atoms with Crippen LogP contribution >= 0.6 is 0 Å². The first-order chi connectivity index (χ1) is 38.4. The second-order valence-electron chi connectivity index (χ2n) is 19.4. The quantitative estimate of drug-likeness (QED) is 0.0165. The van der Waals surface area contributed by atoms with Gasteiger partial charge in [0.1, 0.15) is 60.6 Å². The second kappa shape index (κ2) is 37.1. The number of nitrogens with one attached hydrogen (secondary N) is 9. The molecular formula is C49H82N18O15. The number of primary amides is 1. The number of benzene rings is 1. The highest BCUT2D eigenvalue weighted by Crippen LogP contribution is 2.13. The van der Waals surface area contributed by atoms with Crippen molar-refractivity contribution in [3.63, 3.8) is 0 Å². The van der Waals surface area contributed by atoms with Crippen molar-refractivity contribution in [2.75, 3.05) is 26.2 Å². The van der Waals surface area contributed by atoms with Gasteiger partial charge in [0.05, 0.1) is 12.5 Å². The van der Waals surface area contributed by atoms with Gasteiger partial charge in [-0.3, -0.25) is 67.5 Å². The Hall–Kier alpha value is -8.88. The lowest BCUT2D eigenvalue weighted by atomic mass is 10.0. The van der Waals surface area contributed by atoms with Crippen molar-refractivity contribution in [3.05, 3.63) is 29.8 Å². The number of hydrogen-bond acceptors (Lipinski definition) is 17. The van der Waals surface area contributed by atoms with Gasteiger partial charge in [-0.2, -0.15) is 0 Å². The van der Waals surface area contributed by atoms with Crippen LogP contribution in [0.2, 0.25) is 0 Å². The van der Waals surface area contributed by atoms with Gasteiger partial charge in [-0.05, 0) is 95.4 Å². The number of carboxylic acid groups (broad SMARTS) is 2. The summed E-state index contributed by atoms with van der Waals surface area (Å²) >= 11 is 0. The van der Waals surface area contributed by atoms with Crippen molar-refractivity contribution in [1.29, 1.82) is 0 Å². The molecule has 0 fully saturated rings. The van der Waals surface area contributed by atoms with E-state index in [-0.39, 0.29) is 69.4 Å². The number of aliphatic imine (C=N–C) groups is 2. The maximum atomic E-state index is 14.1. The van der Waals surface area contributed by atoms with E-state index in [0.29, 0.717) is 24.8 Å². The molecule has 33 nitrogen and oxygen atoms in total. The lowest BCUT2D eigenvalue weighted by Crippen LogP contribution is -2.60. The van der Waals surface area contributed by atoms with Gasteiger partial charge in [-0.1, -0.05) is 26.0 Å². The van der Waals surface area contributed by atoms with Gasteiger partial charge in [0.2, 0.25) is 59.1 Å². The number of guanidine groups is 2. The molecule has 9 atom stereocenters. The molecule has 1 rings (SSSR count). The molecule has 0 aromatic heterocycles. The number of carbonyl (C=O) groups is 12. The van der Waals surface area contributed by atoms with E-state index < -0.39 is 157 Å². The van der Waals surface area contributed by atoms with Crippen molar-refractivity contribution < 1.29 is 72.9 Å². The molecule has 0 heterocycles. The molecule has 82 heavy (non-hydrogen) atoms. The van der Waals surface area contributed by atoms with Crippen LogP contribution in [-0.4, -0.2) is 179 Å². The fraction of sp³-hybridized carbons (Fsp3) is 0.592. The van der Waals surface area contributed by atoms with E-state index in [2.05, 4.69) is 57.8 Å². The summed E-state index contributed by atoms with van der Waals surface area (Å²) in [7, 11) is 0. The second-order valence-corrected chi connectivity index (χ2v) is 19.4. The van der Waals surface area contributed by atoms with Crippen molar-refractivity contribution in [2.24, 2.45) is 56.0 Å². The number of hydrogen-bond donors (Lipinski definition) is 19. The number of nitrogens with zero attached hydrogens (tertiary/aromatic N) is 2. The predicted octanol–water partition coefficient (Wildman–Crippen LogP) is -6.99. The molecule has 0 saturated heterocycles. The number of phenolic OH excluding ortho intramolecular Hbond substituents is 1. The van der Waals surface area contributed by atoms with Crippen LogP contribution in [0, 0.1) is 5.92 Å². The Bertz CT molecular complexity index is 2420. The van der Waals surface area contributed by atoms with Crippen LogP contribution in [0.5, 0.6) is 5.75 Å². The van der Waals surface area contributed by atoms with E-state index in [1.54, 1.807) is 13.8 Å². The Labute approximate surface area is 473 Å². The van der Waals surface area contributed by atoms with E-state index >= 15 is 0 Å². The Morgan fingerprint density at radius 1 is 0.500 bits per heavy atom. The van der Waals surface area contributed by atoms with E-state index in [9.17, 15) is 67.7 Å².